The van der Waals surface area contributed by atoms with Gasteiger partial charge in [0.05, 0.1) is 11.1 Å². The topological polar surface area (TPSA) is 52.0 Å². The highest BCUT2D eigenvalue weighted by Crippen LogP contribution is 2.44. The predicted octanol–water partition coefficient (Wildman–Crippen LogP) is 3.43. The maximum Gasteiger partial charge on any atom is 0.416 e. The van der Waals surface area contributed by atoms with E-state index in [9.17, 15) is 13.2 Å². The highest BCUT2D eigenvalue weighted by atomic mass is 19.4. The number of nitrogens with zero attached hydrogens (tertiary/aromatic N) is 1. The molecule has 6 heteroatoms. The third kappa shape index (κ3) is 2.10. The van der Waals surface area contributed by atoms with Crippen LogP contribution in [0.3, 0.4) is 0 Å². The Hall–Kier alpha value is -1.56. The largest absolute Gasteiger partial charge is 0.439 e. The Morgan fingerprint density at radius 3 is 2.58 bits per heavy atom. The number of benzene rings is 1. The second-order valence-electron chi connectivity index (χ2n) is 5.26. The zero-order valence-electron chi connectivity index (χ0n) is 10.3. The molecule has 0 radical (unpaired) electrons. The standard InChI is InChI=1S/C13H13F3N2O/c1-12(17,7-2-3-7)11-18-9-6-8(13(14,15)16)4-5-10(9)19-11/h4-7H,2-3,17H2,1H3. The van der Waals surface area contributed by atoms with Gasteiger partial charge in [0.2, 0.25) is 5.89 Å². The van der Waals surface area contributed by atoms with Gasteiger partial charge in [-0.1, -0.05) is 0 Å². The molecule has 0 spiro atoms. The van der Waals surface area contributed by atoms with Crippen LogP contribution in [0.25, 0.3) is 11.1 Å². The zero-order chi connectivity index (χ0) is 13.8. The fraction of sp³-hybridized carbons (Fsp3) is 0.462. The summed E-state index contributed by atoms with van der Waals surface area (Å²) in [5.41, 5.74) is 5.24. The molecule has 3 nitrogen and oxygen atoms in total. The second-order valence-corrected chi connectivity index (χ2v) is 5.26. The SMILES string of the molecule is CC(N)(c1nc2cc(C(F)(F)F)ccc2o1)C1CC1. The van der Waals surface area contributed by atoms with Crippen LogP contribution in [0.5, 0.6) is 0 Å². The first-order valence-corrected chi connectivity index (χ1v) is 6.05. The summed E-state index contributed by atoms with van der Waals surface area (Å²) in [7, 11) is 0. The lowest BCUT2D eigenvalue weighted by atomic mass is 9.97. The molecule has 1 aliphatic rings. The molecular weight excluding hydrogens is 257 g/mol. The summed E-state index contributed by atoms with van der Waals surface area (Å²) in [6.07, 6.45) is -2.38. The first kappa shape index (κ1) is 12.5. The van der Waals surface area contributed by atoms with Crippen LogP contribution in [0.2, 0.25) is 0 Å². The van der Waals surface area contributed by atoms with E-state index in [1.807, 2.05) is 0 Å². The quantitative estimate of drug-likeness (QED) is 0.909. The Bertz CT molecular complexity index is 626. The second kappa shape index (κ2) is 3.72. The molecule has 1 unspecified atom stereocenters. The molecule has 1 heterocycles. The summed E-state index contributed by atoms with van der Waals surface area (Å²) in [5.74, 6) is 0.604. The predicted molar refractivity (Wildman–Crippen MR) is 63.3 cm³/mol. The first-order valence-electron chi connectivity index (χ1n) is 6.05. The number of alkyl halides is 3. The van der Waals surface area contributed by atoms with Gasteiger partial charge in [-0.2, -0.15) is 13.2 Å². The Morgan fingerprint density at radius 1 is 1.32 bits per heavy atom. The van der Waals surface area contributed by atoms with Crippen LogP contribution in [0.4, 0.5) is 13.2 Å². The Balaban J connectivity index is 2.06. The van der Waals surface area contributed by atoms with E-state index in [1.165, 1.54) is 6.07 Å². The van der Waals surface area contributed by atoms with Gasteiger partial charge in [0.25, 0.3) is 0 Å². The normalized spacial score (nSPS) is 19.6. The smallest absolute Gasteiger partial charge is 0.416 e. The molecule has 0 amide bonds. The summed E-state index contributed by atoms with van der Waals surface area (Å²) in [6, 6.07) is 3.27. The van der Waals surface area contributed by atoms with Crippen LogP contribution in [-0.4, -0.2) is 4.98 Å². The van der Waals surface area contributed by atoms with Crippen LogP contribution in [-0.2, 0) is 11.7 Å². The van der Waals surface area contributed by atoms with E-state index in [-0.39, 0.29) is 5.52 Å². The van der Waals surface area contributed by atoms with Crippen LogP contribution < -0.4 is 5.73 Å². The van der Waals surface area contributed by atoms with E-state index in [4.69, 9.17) is 10.2 Å². The maximum absolute atomic E-state index is 12.6. The van der Waals surface area contributed by atoms with Gasteiger partial charge >= 0.3 is 6.18 Å². The van der Waals surface area contributed by atoms with Crippen molar-refractivity contribution in [2.45, 2.75) is 31.5 Å². The molecule has 2 N–H and O–H groups in total. The number of hydrogen-bond acceptors (Lipinski definition) is 3. The average Bonchev–Trinajstić information content (AvgIpc) is 3.07. The summed E-state index contributed by atoms with van der Waals surface area (Å²) >= 11 is 0. The van der Waals surface area contributed by atoms with Gasteiger partial charge in [-0.05, 0) is 43.9 Å². The number of rotatable bonds is 2. The zero-order valence-corrected chi connectivity index (χ0v) is 10.3. The molecule has 1 aromatic carbocycles. The van der Waals surface area contributed by atoms with Crippen molar-refractivity contribution in [3.05, 3.63) is 29.7 Å². The van der Waals surface area contributed by atoms with E-state index in [0.29, 0.717) is 17.4 Å². The fourth-order valence-corrected chi connectivity index (χ4v) is 2.19. The summed E-state index contributed by atoms with van der Waals surface area (Å²) in [6.45, 7) is 1.81. The van der Waals surface area contributed by atoms with E-state index in [1.54, 1.807) is 6.92 Å². The molecule has 19 heavy (non-hydrogen) atoms. The minimum Gasteiger partial charge on any atom is -0.439 e. The minimum absolute atomic E-state index is 0.196. The highest BCUT2D eigenvalue weighted by Gasteiger charge is 2.43. The Kier molecular flexibility index (Phi) is 2.44. The van der Waals surface area contributed by atoms with E-state index < -0.39 is 17.3 Å². The van der Waals surface area contributed by atoms with Crippen molar-refractivity contribution < 1.29 is 17.6 Å². The number of oxazole rings is 1. The molecule has 0 bridgehead atoms. The van der Waals surface area contributed by atoms with Gasteiger partial charge in [-0.25, -0.2) is 4.98 Å². The van der Waals surface area contributed by atoms with E-state index in [2.05, 4.69) is 4.98 Å². The van der Waals surface area contributed by atoms with Crippen molar-refractivity contribution in [3.8, 4) is 0 Å². The molecule has 0 saturated heterocycles. The maximum atomic E-state index is 12.6. The van der Waals surface area contributed by atoms with Gasteiger partial charge in [-0.15, -0.1) is 0 Å². The first-order chi connectivity index (χ1) is 8.78. The molecule has 0 aliphatic heterocycles. The van der Waals surface area contributed by atoms with Gasteiger partial charge in [0, 0.05) is 0 Å². The molecule has 1 atom stereocenters. The summed E-state index contributed by atoms with van der Waals surface area (Å²) in [5, 5.41) is 0. The lowest BCUT2D eigenvalue weighted by Crippen LogP contribution is -2.35. The minimum atomic E-state index is -4.38. The van der Waals surface area contributed by atoms with Crippen LogP contribution in [0, 0.1) is 5.92 Å². The highest BCUT2D eigenvalue weighted by molar-refractivity contribution is 5.73. The lowest BCUT2D eigenvalue weighted by molar-refractivity contribution is -0.137. The van der Waals surface area contributed by atoms with E-state index >= 15 is 0 Å². The lowest BCUT2D eigenvalue weighted by Gasteiger charge is -2.19. The van der Waals surface area contributed by atoms with Crippen molar-refractivity contribution in [1.82, 2.24) is 4.98 Å². The fourth-order valence-electron chi connectivity index (χ4n) is 2.19. The van der Waals surface area contributed by atoms with Crippen molar-refractivity contribution >= 4 is 11.1 Å². The Morgan fingerprint density at radius 2 is 2.00 bits per heavy atom. The van der Waals surface area contributed by atoms with E-state index in [0.717, 1.165) is 25.0 Å². The monoisotopic (exact) mass is 270 g/mol. The number of nitrogens with two attached hydrogens (primary N) is 1. The van der Waals surface area contributed by atoms with Crippen molar-refractivity contribution in [1.29, 1.82) is 0 Å². The van der Waals surface area contributed by atoms with Gasteiger partial charge < -0.3 is 10.2 Å². The number of fused-ring (bicyclic) bond motifs is 1. The molecule has 3 rings (SSSR count). The van der Waals surface area contributed by atoms with Gasteiger partial charge in [0.15, 0.2) is 5.58 Å². The van der Waals surface area contributed by atoms with Crippen LogP contribution >= 0.6 is 0 Å². The number of aromatic nitrogens is 1. The molecular formula is C13H13F3N2O. The molecule has 2 aromatic rings. The summed E-state index contributed by atoms with van der Waals surface area (Å²) < 4.78 is 43.3. The third-order valence-electron chi connectivity index (χ3n) is 3.60. The molecule has 1 aliphatic carbocycles. The summed E-state index contributed by atoms with van der Waals surface area (Å²) in [4.78, 5) is 4.13. The molecule has 1 saturated carbocycles. The van der Waals surface area contributed by atoms with Crippen molar-refractivity contribution in [2.24, 2.45) is 11.7 Å². The number of hydrogen-bond donors (Lipinski definition) is 1. The average molecular weight is 270 g/mol. The van der Waals surface area contributed by atoms with Gasteiger partial charge in [0.1, 0.15) is 5.52 Å². The van der Waals surface area contributed by atoms with Crippen LogP contribution in [0.1, 0.15) is 31.2 Å². The van der Waals surface area contributed by atoms with Gasteiger partial charge in [-0.3, -0.25) is 0 Å². The molecule has 1 aromatic heterocycles. The molecule has 1 fully saturated rings. The molecule has 102 valence electrons. The van der Waals surface area contributed by atoms with Crippen LogP contribution in [0.15, 0.2) is 22.6 Å². The van der Waals surface area contributed by atoms with Crippen molar-refractivity contribution in [3.63, 3.8) is 0 Å². The Labute approximate surface area is 107 Å². The third-order valence-corrected chi connectivity index (χ3v) is 3.60. The van der Waals surface area contributed by atoms with Crippen molar-refractivity contribution in [2.75, 3.05) is 0 Å². The number of halogens is 3.